The van der Waals surface area contributed by atoms with Crippen molar-refractivity contribution in [3.63, 3.8) is 0 Å². The maximum atomic E-state index is 12.8. The van der Waals surface area contributed by atoms with Gasteiger partial charge in [-0.2, -0.15) is 4.98 Å². The number of alkyl halides is 3. The Morgan fingerprint density at radius 1 is 1.14 bits per heavy atom. The molecule has 1 atom stereocenters. The first-order chi connectivity index (χ1) is 16.7. The van der Waals surface area contributed by atoms with Crippen LogP contribution in [-0.4, -0.2) is 32.6 Å². The molecule has 2 aromatic heterocycles. The van der Waals surface area contributed by atoms with Crippen molar-refractivity contribution >= 4 is 16.9 Å². The average molecular weight is 483 g/mol. The van der Waals surface area contributed by atoms with E-state index < -0.39 is 12.3 Å². The van der Waals surface area contributed by atoms with Gasteiger partial charge in [0, 0.05) is 33.6 Å². The molecular formula is C25H20F3N3O4. The molecule has 0 saturated heterocycles. The average Bonchev–Trinajstić information content (AvgIpc) is 3.23. The lowest BCUT2D eigenvalue weighted by Crippen LogP contribution is -2.17. The molecule has 1 unspecified atom stereocenters. The number of aryl methyl sites for hydroxylation is 1. The molecule has 2 aromatic carbocycles. The predicted octanol–water partition coefficient (Wildman–Crippen LogP) is 6.17. The number of aromatic amines is 1. The standard InChI is InChI=1S/C25H20F3N3O4/c26-25(27,28)34-17-8-15(12-1-2-12)7-16(9-17)24-30-23(31-35-24)14-4-6-20-19(10-14)18-5-3-13(11-21(32)33)22(18)29-20/h4,6-10,12-13,29H,1-3,5,11H2,(H,32,33). The summed E-state index contributed by atoms with van der Waals surface area (Å²) in [5, 5.41) is 14.2. The van der Waals surface area contributed by atoms with E-state index in [0.717, 1.165) is 53.4 Å². The van der Waals surface area contributed by atoms with Gasteiger partial charge in [0.2, 0.25) is 5.82 Å². The molecule has 2 heterocycles. The second-order valence-electron chi connectivity index (χ2n) is 9.15. The van der Waals surface area contributed by atoms with Crippen LogP contribution in [0.2, 0.25) is 0 Å². The van der Waals surface area contributed by atoms with Crippen molar-refractivity contribution in [2.45, 2.75) is 50.3 Å². The van der Waals surface area contributed by atoms with E-state index in [2.05, 4.69) is 19.9 Å². The van der Waals surface area contributed by atoms with Gasteiger partial charge < -0.3 is 19.4 Å². The number of nitrogens with zero attached hydrogens (tertiary/aromatic N) is 2. The minimum Gasteiger partial charge on any atom is -0.481 e. The lowest BCUT2D eigenvalue weighted by molar-refractivity contribution is -0.274. The third-order valence-corrected chi connectivity index (χ3v) is 6.65. The number of carbonyl (C=O) groups is 1. The lowest BCUT2D eigenvalue weighted by atomic mass is 10.0. The third kappa shape index (κ3) is 4.24. The molecule has 2 N–H and O–H groups in total. The Morgan fingerprint density at radius 3 is 2.71 bits per heavy atom. The van der Waals surface area contributed by atoms with Crippen LogP contribution in [0.1, 0.15) is 54.3 Å². The van der Waals surface area contributed by atoms with Crippen LogP contribution < -0.4 is 4.74 Å². The van der Waals surface area contributed by atoms with Gasteiger partial charge >= 0.3 is 12.3 Å². The maximum absolute atomic E-state index is 12.8. The predicted molar refractivity (Wildman–Crippen MR) is 119 cm³/mol. The molecule has 1 saturated carbocycles. The number of benzene rings is 2. The topological polar surface area (TPSA) is 101 Å². The molecule has 4 aromatic rings. The van der Waals surface area contributed by atoms with Crippen molar-refractivity contribution < 1.29 is 32.3 Å². The lowest BCUT2D eigenvalue weighted by Gasteiger charge is -2.11. The number of hydrogen-bond donors (Lipinski definition) is 2. The Labute approximate surface area is 196 Å². The molecule has 7 nitrogen and oxygen atoms in total. The van der Waals surface area contributed by atoms with Crippen LogP contribution in [0.3, 0.4) is 0 Å². The summed E-state index contributed by atoms with van der Waals surface area (Å²) in [4.78, 5) is 19.0. The molecule has 2 aliphatic carbocycles. The van der Waals surface area contributed by atoms with E-state index in [4.69, 9.17) is 4.52 Å². The minimum atomic E-state index is -4.80. The Bertz CT molecular complexity index is 1450. The van der Waals surface area contributed by atoms with Crippen molar-refractivity contribution in [3.8, 4) is 28.6 Å². The van der Waals surface area contributed by atoms with Gasteiger partial charge in [-0.05, 0) is 79.1 Å². The Hall–Kier alpha value is -3.82. The molecule has 10 heteroatoms. The first-order valence-electron chi connectivity index (χ1n) is 11.3. The summed E-state index contributed by atoms with van der Waals surface area (Å²) < 4.78 is 48.1. The number of ether oxygens (including phenoxy) is 1. The first kappa shape index (κ1) is 21.7. The van der Waals surface area contributed by atoms with Gasteiger partial charge in [-0.1, -0.05) is 5.16 Å². The number of carboxylic acids is 1. The second kappa shape index (κ2) is 7.86. The Balaban J connectivity index is 1.33. The van der Waals surface area contributed by atoms with Crippen LogP contribution in [-0.2, 0) is 11.2 Å². The monoisotopic (exact) mass is 483 g/mol. The van der Waals surface area contributed by atoms with E-state index in [1.807, 2.05) is 18.2 Å². The Kier molecular flexibility index (Phi) is 4.87. The van der Waals surface area contributed by atoms with E-state index in [1.54, 1.807) is 6.07 Å². The molecule has 0 amide bonds. The zero-order valence-electron chi connectivity index (χ0n) is 18.4. The van der Waals surface area contributed by atoms with Gasteiger partial charge in [-0.15, -0.1) is 13.2 Å². The summed E-state index contributed by atoms with van der Waals surface area (Å²) in [6, 6.07) is 10.1. The van der Waals surface area contributed by atoms with Crippen molar-refractivity contribution in [1.82, 2.24) is 15.1 Å². The number of aliphatic carboxylic acids is 1. The highest BCUT2D eigenvalue weighted by Crippen LogP contribution is 2.44. The van der Waals surface area contributed by atoms with Crippen LogP contribution in [0.25, 0.3) is 33.7 Å². The Morgan fingerprint density at radius 2 is 1.97 bits per heavy atom. The quantitative estimate of drug-likeness (QED) is 0.340. The van der Waals surface area contributed by atoms with E-state index >= 15 is 0 Å². The number of H-pyrrole nitrogens is 1. The van der Waals surface area contributed by atoms with Crippen LogP contribution >= 0.6 is 0 Å². The number of carboxylic acid groups (broad SMARTS) is 1. The number of aromatic nitrogens is 3. The minimum absolute atomic E-state index is 0.0398. The largest absolute Gasteiger partial charge is 0.573 e. The normalized spacial score (nSPS) is 17.6. The van der Waals surface area contributed by atoms with Crippen molar-refractivity contribution in [3.05, 3.63) is 53.2 Å². The van der Waals surface area contributed by atoms with E-state index in [1.165, 1.54) is 12.1 Å². The molecule has 6 rings (SSSR count). The second-order valence-corrected chi connectivity index (χ2v) is 9.15. The van der Waals surface area contributed by atoms with Crippen LogP contribution in [0, 0.1) is 0 Å². The molecule has 0 bridgehead atoms. The summed E-state index contributed by atoms with van der Waals surface area (Å²) >= 11 is 0. The highest BCUT2D eigenvalue weighted by Gasteiger charge is 2.33. The zero-order chi connectivity index (χ0) is 24.3. The summed E-state index contributed by atoms with van der Waals surface area (Å²) in [7, 11) is 0. The summed E-state index contributed by atoms with van der Waals surface area (Å²) in [6.45, 7) is 0. The van der Waals surface area contributed by atoms with Crippen molar-refractivity contribution in [1.29, 1.82) is 0 Å². The highest BCUT2D eigenvalue weighted by molar-refractivity contribution is 5.89. The fourth-order valence-corrected chi connectivity index (χ4v) is 4.95. The van der Waals surface area contributed by atoms with Crippen LogP contribution in [0.5, 0.6) is 5.75 Å². The fourth-order valence-electron chi connectivity index (χ4n) is 4.95. The van der Waals surface area contributed by atoms with Crippen molar-refractivity contribution in [2.24, 2.45) is 0 Å². The molecule has 35 heavy (non-hydrogen) atoms. The number of hydrogen-bond acceptors (Lipinski definition) is 5. The van der Waals surface area contributed by atoms with Gasteiger partial charge in [0.15, 0.2) is 0 Å². The van der Waals surface area contributed by atoms with Gasteiger partial charge in [0.1, 0.15) is 5.75 Å². The van der Waals surface area contributed by atoms with Gasteiger partial charge in [0.05, 0.1) is 6.42 Å². The maximum Gasteiger partial charge on any atom is 0.573 e. The summed E-state index contributed by atoms with van der Waals surface area (Å²) in [5.74, 6) is -0.548. The third-order valence-electron chi connectivity index (χ3n) is 6.65. The van der Waals surface area contributed by atoms with E-state index in [9.17, 15) is 23.1 Å². The molecule has 0 spiro atoms. The zero-order valence-corrected chi connectivity index (χ0v) is 18.4. The van der Waals surface area contributed by atoms with Gasteiger partial charge in [-0.25, -0.2) is 0 Å². The van der Waals surface area contributed by atoms with Crippen molar-refractivity contribution in [2.75, 3.05) is 0 Å². The fraction of sp³-hybridized carbons (Fsp3) is 0.320. The van der Waals surface area contributed by atoms with E-state index in [-0.39, 0.29) is 29.9 Å². The molecule has 2 aliphatic rings. The van der Waals surface area contributed by atoms with Gasteiger partial charge in [0.25, 0.3) is 5.89 Å². The van der Waals surface area contributed by atoms with Crippen LogP contribution in [0.4, 0.5) is 13.2 Å². The molecule has 0 radical (unpaired) electrons. The number of halogens is 3. The first-order valence-corrected chi connectivity index (χ1v) is 11.3. The molecule has 0 aliphatic heterocycles. The number of rotatable bonds is 6. The summed E-state index contributed by atoms with van der Waals surface area (Å²) in [6.07, 6.45) is -1.32. The SMILES string of the molecule is O=C(O)CC1CCc2c1[nH]c1ccc(-c3noc(-c4cc(OC(F)(F)F)cc(C5CC5)c4)n3)cc21. The summed E-state index contributed by atoms with van der Waals surface area (Å²) in [5.41, 5.74) is 4.78. The van der Waals surface area contributed by atoms with Gasteiger partial charge in [-0.3, -0.25) is 4.79 Å². The molecule has 1 fully saturated rings. The highest BCUT2D eigenvalue weighted by atomic mass is 19.4. The molecular weight excluding hydrogens is 463 g/mol. The smallest absolute Gasteiger partial charge is 0.481 e. The molecule has 180 valence electrons. The number of nitrogens with one attached hydrogen (secondary N) is 1. The number of fused-ring (bicyclic) bond motifs is 3. The van der Waals surface area contributed by atoms with E-state index in [0.29, 0.717) is 17.0 Å². The van der Waals surface area contributed by atoms with Crippen LogP contribution in [0.15, 0.2) is 40.9 Å².